The fraction of sp³-hybridized carbons (Fsp3) is 0.217. The molecular weight excluding hydrogens is 449 g/mol. The van der Waals surface area contributed by atoms with Crippen LogP contribution in [0.15, 0.2) is 58.1 Å². The highest BCUT2D eigenvalue weighted by Gasteiger charge is 2.21. The Morgan fingerprint density at radius 3 is 2.48 bits per heavy atom. The van der Waals surface area contributed by atoms with Crippen LogP contribution in [-0.2, 0) is 24.4 Å². The maximum absolute atomic E-state index is 13.4. The van der Waals surface area contributed by atoms with E-state index in [-0.39, 0.29) is 18.6 Å². The first-order valence-corrected chi connectivity index (χ1v) is 10.7. The molecule has 4 aromatic rings. The second kappa shape index (κ2) is 9.03. The summed E-state index contributed by atoms with van der Waals surface area (Å²) < 4.78 is 17.1. The average molecular weight is 470 g/mol. The van der Waals surface area contributed by atoms with Gasteiger partial charge in [0, 0.05) is 17.3 Å². The van der Waals surface area contributed by atoms with E-state index in [1.165, 1.54) is 33.5 Å². The molecule has 0 saturated carbocycles. The molecular formula is C23H21ClFN5O3. The minimum Gasteiger partial charge on any atom is -0.324 e. The third-order valence-electron chi connectivity index (χ3n) is 5.24. The Morgan fingerprint density at radius 2 is 1.82 bits per heavy atom. The fourth-order valence-corrected chi connectivity index (χ4v) is 3.95. The number of hydrogen-bond donors (Lipinski definition) is 1. The van der Waals surface area contributed by atoms with Gasteiger partial charge in [-0.2, -0.15) is 5.10 Å². The van der Waals surface area contributed by atoms with Crippen molar-refractivity contribution in [1.82, 2.24) is 18.9 Å². The summed E-state index contributed by atoms with van der Waals surface area (Å²) >= 11 is 5.98. The van der Waals surface area contributed by atoms with E-state index in [1.54, 1.807) is 31.2 Å². The molecule has 0 bridgehead atoms. The molecule has 10 heteroatoms. The molecule has 0 unspecified atom stereocenters. The van der Waals surface area contributed by atoms with Crippen LogP contribution in [0.5, 0.6) is 0 Å². The van der Waals surface area contributed by atoms with Crippen molar-refractivity contribution < 1.29 is 9.18 Å². The van der Waals surface area contributed by atoms with Crippen LogP contribution in [0.3, 0.4) is 0 Å². The lowest BCUT2D eigenvalue weighted by molar-refractivity contribution is -0.116. The number of carbonyl (C=O) groups excluding carboxylic acids is 1. The van der Waals surface area contributed by atoms with Crippen LogP contribution in [-0.4, -0.2) is 24.8 Å². The van der Waals surface area contributed by atoms with Crippen molar-refractivity contribution in [3.63, 3.8) is 0 Å². The van der Waals surface area contributed by atoms with Gasteiger partial charge in [-0.1, -0.05) is 29.8 Å². The lowest BCUT2D eigenvalue weighted by Crippen LogP contribution is -2.42. The van der Waals surface area contributed by atoms with Crippen molar-refractivity contribution in [3.8, 4) is 0 Å². The van der Waals surface area contributed by atoms with E-state index in [0.717, 1.165) is 4.57 Å². The second-order valence-electron chi connectivity index (χ2n) is 7.54. The number of nitrogens with zero attached hydrogens (tertiary/aromatic N) is 4. The molecule has 4 rings (SSSR count). The highest BCUT2D eigenvalue weighted by Crippen LogP contribution is 2.17. The first-order chi connectivity index (χ1) is 15.8. The molecule has 0 fully saturated rings. The summed E-state index contributed by atoms with van der Waals surface area (Å²) in [5.41, 5.74) is 0.882. The molecule has 1 N–H and O–H groups in total. The first-order valence-electron chi connectivity index (χ1n) is 10.3. The third kappa shape index (κ3) is 4.45. The summed E-state index contributed by atoms with van der Waals surface area (Å²) in [5.74, 6) is -0.882. The Kier molecular flexibility index (Phi) is 6.15. The van der Waals surface area contributed by atoms with Crippen LogP contribution in [0.1, 0.15) is 18.2 Å². The molecule has 1 amide bonds. The van der Waals surface area contributed by atoms with E-state index < -0.39 is 23.0 Å². The molecule has 0 radical (unpaired) electrons. The maximum atomic E-state index is 13.4. The molecule has 0 aliphatic carbocycles. The number of amides is 1. The van der Waals surface area contributed by atoms with Gasteiger partial charge in [-0.05, 0) is 49.7 Å². The molecule has 170 valence electrons. The van der Waals surface area contributed by atoms with Gasteiger partial charge in [-0.15, -0.1) is 0 Å². The highest BCUT2D eigenvalue weighted by atomic mass is 35.5. The van der Waals surface area contributed by atoms with E-state index in [9.17, 15) is 18.8 Å². The SMILES string of the molecule is CCn1nc(C)c2c1c(=O)n(Cc1ccc(F)cc1)c(=O)n2CC(=O)Nc1cccc(Cl)c1. The van der Waals surface area contributed by atoms with Crippen molar-refractivity contribution in [2.75, 3.05) is 5.32 Å². The van der Waals surface area contributed by atoms with E-state index in [4.69, 9.17) is 11.6 Å². The maximum Gasteiger partial charge on any atom is 0.332 e. The molecule has 0 saturated heterocycles. The van der Waals surface area contributed by atoms with Crippen LogP contribution >= 0.6 is 11.6 Å². The predicted molar refractivity (Wildman–Crippen MR) is 124 cm³/mol. The number of halogens is 2. The smallest absolute Gasteiger partial charge is 0.324 e. The molecule has 0 atom stereocenters. The first kappa shape index (κ1) is 22.5. The van der Waals surface area contributed by atoms with Gasteiger partial charge in [-0.25, -0.2) is 9.18 Å². The zero-order valence-electron chi connectivity index (χ0n) is 18.0. The van der Waals surface area contributed by atoms with Crippen molar-refractivity contribution in [2.45, 2.75) is 33.5 Å². The van der Waals surface area contributed by atoms with Gasteiger partial charge in [0.1, 0.15) is 17.9 Å². The summed E-state index contributed by atoms with van der Waals surface area (Å²) in [7, 11) is 0. The van der Waals surface area contributed by atoms with Crippen LogP contribution < -0.4 is 16.6 Å². The summed E-state index contributed by atoms with van der Waals surface area (Å²) in [5, 5.41) is 7.55. The number of nitrogens with one attached hydrogen (secondary N) is 1. The van der Waals surface area contributed by atoms with Crippen molar-refractivity contribution in [1.29, 1.82) is 0 Å². The molecule has 2 heterocycles. The number of hydrogen-bond acceptors (Lipinski definition) is 4. The average Bonchev–Trinajstić information content (AvgIpc) is 3.12. The minimum atomic E-state index is -0.656. The van der Waals surface area contributed by atoms with Crippen molar-refractivity contribution in [3.05, 3.63) is 91.5 Å². The number of fused-ring (bicyclic) bond motifs is 1. The fourth-order valence-electron chi connectivity index (χ4n) is 3.76. The van der Waals surface area contributed by atoms with Crippen LogP contribution in [0.4, 0.5) is 10.1 Å². The Hall–Kier alpha value is -3.72. The molecule has 0 aliphatic rings. The molecule has 2 aromatic carbocycles. The molecule has 2 aromatic heterocycles. The van der Waals surface area contributed by atoms with E-state index >= 15 is 0 Å². The van der Waals surface area contributed by atoms with Gasteiger partial charge >= 0.3 is 5.69 Å². The zero-order chi connectivity index (χ0) is 23.7. The summed E-state index contributed by atoms with van der Waals surface area (Å²) in [6.45, 7) is 3.52. The van der Waals surface area contributed by atoms with Gasteiger partial charge in [0.15, 0.2) is 5.52 Å². The second-order valence-corrected chi connectivity index (χ2v) is 7.98. The largest absolute Gasteiger partial charge is 0.332 e. The quantitative estimate of drug-likeness (QED) is 0.469. The Bertz CT molecular complexity index is 1470. The standard InChI is InChI=1S/C23H21ClFN5O3/c1-3-30-21-20(14(2)27-30)28(13-19(31)26-18-6-4-5-16(24)11-18)23(33)29(22(21)32)12-15-7-9-17(25)10-8-15/h4-11H,3,12-13H2,1-2H3,(H,26,31). The predicted octanol–water partition coefficient (Wildman–Crippen LogP) is 3.17. The Balaban J connectivity index is 1.82. The van der Waals surface area contributed by atoms with E-state index in [2.05, 4.69) is 10.4 Å². The minimum absolute atomic E-state index is 0.0717. The van der Waals surface area contributed by atoms with E-state index in [1.807, 2.05) is 6.92 Å². The number of anilines is 1. The third-order valence-corrected chi connectivity index (χ3v) is 5.47. The lowest BCUT2D eigenvalue weighted by atomic mass is 10.2. The van der Waals surface area contributed by atoms with Gasteiger partial charge in [0.25, 0.3) is 5.56 Å². The van der Waals surface area contributed by atoms with Crippen molar-refractivity contribution in [2.24, 2.45) is 0 Å². The monoisotopic (exact) mass is 469 g/mol. The lowest BCUT2D eigenvalue weighted by Gasteiger charge is -2.13. The van der Waals surface area contributed by atoms with Crippen LogP contribution in [0.2, 0.25) is 5.02 Å². The van der Waals surface area contributed by atoms with Crippen LogP contribution in [0, 0.1) is 12.7 Å². The Labute approximate surface area is 192 Å². The van der Waals surface area contributed by atoms with Gasteiger partial charge in [-0.3, -0.25) is 23.4 Å². The number of aromatic nitrogens is 4. The van der Waals surface area contributed by atoms with Crippen LogP contribution in [0.25, 0.3) is 11.0 Å². The number of aryl methyl sites for hydroxylation is 2. The number of benzene rings is 2. The van der Waals surface area contributed by atoms with E-state index in [0.29, 0.717) is 34.0 Å². The highest BCUT2D eigenvalue weighted by molar-refractivity contribution is 6.30. The molecule has 0 spiro atoms. The summed E-state index contributed by atoms with van der Waals surface area (Å²) in [6, 6.07) is 12.2. The Morgan fingerprint density at radius 1 is 1.09 bits per heavy atom. The number of carbonyl (C=O) groups is 1. The van der Waals surface area contributed by atoms with Gasteiger partial charge in [0.05, 0.1) is 12.2 Å². The van der Waals surface area contributed by atoms with Gasteiger partial charge in [0.2, 0.25) is 5.91 Å². The topological polar surface area (TPSA) is 90.9 Å². The zero-order valence-corrected chi connectivity index (χ0v) is 18.8. The molecule has 0 aliphatic heterocycles. The molecule has 33 heavy (non-hydrogen) atoms. The van der Waals surface area contributed by atoms with Gasteiger partial charge < -0.3 is 5.32 Å². The van der Waals surface area contributed by atoms with Crippen molar-refractivity contribution >= 4 is 34.2 Å². The normalized spacial score (nSPS) is 11.2. The summed E-state index contributed by atoms with van der Waals surface area (Å²) in [6.07, 6.45) is 0. The summed E-state index contributed by atoms with van der Waals surface area (Å²) in [4.78, 5) is 39.5. The molecule has 8 nitrogen and oxygen atoms in total. The number of rotatable bonds is 6.